The van der Waals surface area contributed by atoms with Gasteiger partial charge in [0.1, 0.15) is 5.75 Å². The molecule has 0 spiro atoms. The largest absolute Gasteiger partial charge is 0.606 e. The van der Waals surface area contributed by atoms with E-state index in [0.29, 0.717) is 17.6 Å². The fourth-order valence-corrected chi connectivity index (χ4v) is 3.40. The summed E-state index contributed by atoms with van der Waals surface area (Å²) in [4.78, 5) is 23.0. The second kappa shape index (κ2) is 9.13. The maximum absolute atomic E-state index is 12.7. The van der Waals surface area contributed by atoms with Crippen molar-refractivity contribution in [3.63, 3.8) is 0 Å². The summed E-state index contributed by atoms with van der Waals surface area (Å²) in [6.07, 6.45) is -5.18. The van der Waals surface area contributed by atoms with Gasteiger partial charge in [0.05, 0.1) is 10.7 Å². The van der Waals surface area contributed by atoms with E-state index in [2.05, 4.69) is 0 Å². The van der Waals surface area contributed by atoms with Crippen LogP contribution in [0.4, 0.5) is 18.9 Å². The second-order valence-corrected chi connectivity index (χ2v) is 8.05. The van der Waals surface area contributed by atoms with Crippen LogP contribution in [0.5, 0.6) is 5.75 Å². The Hall–Kier alpha value is -2.47. The summed E-state index contributed by atoms with van der Waals surface area (Å²) >= 11 is 4.29. The molecule has 0 saturated carbocycles. The number of hydrogen-bond acceptors (Lipinski definition) is 5. The average molecular weight is 465 g/mol. The summed E-state index contributed by atoms with van der Waals surface area (Å²) in [7, 11) is 0. The van der Waals surface area contributed by atoms with Crippen LogP contribution in [0.1, 0.15) is 6.92 Å². The molecule has 0 aliphatic carbocycles. The van der Waals surface area contributed by atoms with Crippen LogP contribution in [0, 0.1) is 0 Å². The van der Waals surface area contributed by atoms with Gasteiger partial charge in [-0.3, -0.25) is 9.59 Å². The van der Waals surface area contributed by atoms with Crippen molar-refractivity contribution in [2.75, 3.05) is 11.9 Å². The number of halogens is 4. The number of nitrogens with one attached hydrogen (secondary N) is 1. The minimum absolute atomic E-state index is 0.173. The fraction of sp³-hybridized carbons (Fsp3) is 0.222. The van der Waals surface area contributed by atoms with Crippen LogP contribution < -0.4 is 15.8 Å². The fourth-order valence-electron chi connectivity index (χ4n) is 2.04. The molecule has 2 aromatic rings. The number of carbonyl (C=O) groups excluding carboxylic acids is 2. The molecule has 0 aliphatic heterocycles. The van der Waals surface area contributed by atoms with Crippen molar-refractivity contribution in [3.8, 4) is 5.75 Å². The first-order valence-corrected chi connectivity index (χ1v) is 9.68. The van der Waals surface area contributed by atoms with Gasteiger partial charge in [0, 0.05) is 17.2 Å². The Bertz CT molecular complexity index is 938. The molecule has 0 heterocycles. The Morgan fingerprint density at radius 1 is 1.20 bits per heavy atom. The van der Waals surface area contributed by atoms with E-state index in [-0.39, 0.29) is 22.2 Å². The molecule has 4 N–H and O–H groups in total. The molecule has 0 bridgehead atoms. The Balaban J connectivity index is 2.14. The summed E-state index contributed by atoms with van der Waals surface area (Å²) in [5.74, 6) is -2.03. The van der Waals surface area contributed by atoms with Gasteiger partial charge >= 0.3 is 6.18 Å². The van der Waals surface area contributed by atoms with Gasteiger partial charge in [-0.05, 0) is 43.3 Å². The number of nitrogens with two attached hydrogens (primary N) is 1. The lowest BCUT2D eigenvalue weighted by molar-refractivity contribution is -0.242. The molecule has 2 aromatic carbocycles. The molecule has 162 valence electrons. The molecule has 0 fully saturated rings. The number of amides is 2. The Labute approximate surface area is 177 Å². The van der Waals surface area contributed by atoms with Gasteiger partial charge in [-0.2, -0.15) is 13.2 Å². The molecule has 12 heteroatoms. The summed E-state index contributed by atoms with van der Waals surface area (Å²) in [6.45, 7) is 0.00291. The zero-order valence-corrected chi connectivity index (χ0v) is 16.9. The first kappa shape index (κ1) is 23.8. The van der Waals surface area contributed by atoms with Crippen molar-refractivity contribution < 1.29 is 37.2 Å². The highest BCUT2D eigenvalue weighted by molar-refractivity contribution is 7.91. The number of benzene rings is 2. The lowest BCUT2D eigenvalue weighted by Gasteiger charge is -2.25. The first-order valence-electron chi connectivity index (χ1n) is 8.16. The number of carbonyl (C=O) groups is 2. The summed E-state index contributed by atoms with van der Waals surface area (Å²) in [6, 6.07) is 9.61. The lowest BCUT2D eigenvalue weighted by Crippen LogP contribution is -2.52. The molecule has 1 unspecified atom stereocenters. The van der Waals surface area contributed by atoms with Crippen LogP contribution in [0.2, 0.25) is 5.02 Å². The van der Waals surface area contributed by atoms with E-state index in [0.717, 1.165) is 0 Å². The SMILES string of the molecule is C[C@@](O)(C(=O)Nc1ccc([S+]([O-])c2ccc(OCC(N)=O)cc2)cc1Cl)C(F)(F)F. The average Bonchev–Trinajstić information content (AvgIpc) is 2.66. The van der Waals surface area contributed by atoms with Crippen LogP contribution in [0.15, 0.2) is 52.3 Å². The molecular formula is C18H16ClF3N2O5S. The van der Waals surface area contributed by atoms with E-state index < -0.39 is 34.8 Å². The number of hydrogen-bond donors (Lipinski definition) is 3. The Morgan fingerprint density at radius 2 is 1.77 bits per heavy atom. The highest BCUT2D eigenvalue weighted by atomic mass is 35.5. The molecule has 2 amide bonds. The maximum Gasteiger partial charge on any atom is 0.426 e. The van der Waals surface area contributed by atoms with Crippen molar-refractivity contribution in [1.29, 1.82) is 0 Å². The van der Waals surface area contributed by atoms with E-state index >= 15 is 0 Å². The quantitative estimate of drug-likeness (QED) is 0.543. The minimum Gasteiger partial charge on any atom is -0.606 e. The number of primary amides is 1. The second-order valence-electron chi connectivity index (χ2n) is 6.16. The van der Waals surface area contributed by atoms with Crippen LogP contribution in [-0.4, -0.2) is 39.9 Å². The van der Waals surface area contributed by atoms with Gasteiger partial charge in [0.25, 0.3) is 11.8 Å². The van der Waals surface area contributed by atoms with Gasteiger partial charge in [0.2, 0.25) is 5.60 Å². The smallest absolute Gasteiger partial charge is 0.426 e. The van der Waals surface area contributed by atoms with E-state index in [4.69, 9.17) is 22.1 Å². The monoisotopic (exact) mass is 464 g/mol. The van der Waals surface area contributed by atoms with Crippen molar-refractivity contribution in [3.05, 3.63) is 47.5 Å². The number of rotatable bonds is 7. The Kier molecular flexibility index (Phi) is 7.24. The predicted molar refractivity (Wildman–Crippen MR) is 103 cm³/mol. The van der Waals surface area contributed by atoms with Gasteiger partial charge in [-0.1, -0.05) is 11.6 Å². The van der Waals surface area contributed by atoms with Crippen LogP contribution >= 0.6 is 11.6 Å². The molecule has 0 saturated heterocycles. The number of aliphatic hydroxyl groups is 1. The van der Waals surface area contributed by atoms with E-state index in [1.54, 1.807) is 0 Å². The lowest BCUT2D eigenvalue weighted by atomic mass is 10.1. The number of anilines is 1. The third-order valence-electron chi connectivity index (χ3n) is 3.82. The van der Waals surface area contributed by atoms with Crippen LogP contribution in [0.25, 0.3) is 0 Å². The van der Waals surface area contributed by atoms with E-state index in [1.807, 2.05) is 5.32 Å². The molecule has 0 radical (unpaired) electrons. The molecule has 0 aliphatic rings. The van der Waals surface area contributed by atoms with E-state index in [9.17, 15) is 32.4 Å². The standard InChI is InChI=1S/C18H16ClF3N2O5S/c1-17(27,18(20,21)22)16(26)24-14-7-6-12(8-13(14)19)30(28)11-4-2-10(3-5-11)29-9-15(23)25/h2-8,27H,9H2,1H3,(H2,23,25)(H,24,26)/t17-,30?/m1/s1. The van der Waals surface area contributed by atoms with Crippen molar-refractivity contribution in [2.45, 2.75) is 28.5 Å². The molecule has 2 atom stereocenters. The summed E-state index contributed by atoms with van der Waals surface area (Å²) < 4.78 is 56.0. The minimum atomic E-state index is -5.18. The summed E-state index contributed by atoms with van der Waals surface area (Å²) in [5, 5.41) is 11.1. The van der Waals surface area contributed by atoms with Gasteiger partial charge in [0.15, 0.2) is 16.4 Å². The normalized spacial score (nSPS) is 14.5. The number of ether oxygens (including phenoxy) is 1. The Morgan fingerprint density at radius 3 is 2.27 bits per heavy atom. The molecule has 2 rings (SSSR count). The topological polar surface area (TPSA) is 125 Å². The third-order valence-corrected chi connectivity index (χ3v) is 5.51. The van der Waals surface area contributed by atoms with E-state index in [1.165, 1.54) is 42.5 Å². The van der Waals surface area contributed by atoms with Crippen molar-refractivity contribution in [2.24, 2.45) is 5.73 Å². The predicted octanol–water partition coefficient (Wildman–Crippen LogP) is 2.62. The molecule has 0 aromatic heterocycles. The van der Waals surface area contributed by atoms with Crippen LogP contribution in [-0.2, 0) is 20.8 Å². The maximum atomic E-state index is 12.7. The first-order chi connectivity index (χ1) is 13.8. The van der Waals surface area contributed by atoms with Gasteiger partial charge < -0.3 is 25.4 Å². The highest BCUT2D eigenvalue weighted by Crippen LogP contribution is 2.33. The third kappa shape index (κ3) is 5.57. The van der Waals surface area contributed by atoms with Gasteiger partial charge in [-0.15, -0.1) is 0 Å². The number of alkyl halides is 3. The molecule has 7 nitrogen and oxygen atoms in total. The summed E-state index contributed by atoms with van der Waals surface area (Å²) in [5.41, 5.74) is 1.17. The van der Waals surface area contributed by atoms with Crippen molar-refractivity contribution in [1.82, 2.24) is 0 Å². The highest BCUT2D eigenvalue weighted by Gasteiger charge is 2.55. The van der Waals surface area contributed by atoms with Gasteiger partial charge in [-0.25, -0.2) is 0 Å². The van der Waals surface area contributed by atoms with Crippen LogP contribution in [0.3, 0.4) is 0 Å². The zero-order chi connectivity index (χ0) is 22.7. The zero-order valence-electron chi connectivity index (χ0n) is 15.3. The van der Waals surface area contributed by atoms with Crippen molar-refractivity contribution >= 4 is 40.3 Å². The molecular weight excluding hydrogens is 449 g/mol. The molecule has 30 heavy (non-hydrogen) atoms.